The van der Waals surface area contributed by atoms with Crippen LogP contribution in [0.25, 0.3) is 11.0 Å². The zero-order valence-corrected chi connectivity index (χ0v) is 16.0. The molecule has 4 N–H and O–H groups in total. The summed E-state index contributed by atoms with van der Waals surface area (Å²) < 4.78 is 0. The van der Waals surface area contributed by atoms with Crippen molar-refractivity contribution in [2.24, 2.45) is 5.41 Å². The van der Waals surface area contributed by atoms with Gasteiger partial charge < -0.3 is 20.6 Å². The fraction of sp³-hybridized carbons (Fsp3) is 0.611. The molecule has 5 nitrogen and oxygen atoms in total. The van der Waals surface area contributed by atoms with Crippen LogP contribution in [0.4, 0.5) is 0 Å². The highest BCUT2D eigenvalue weighted by atomic mass is 35.5. The van der Waals surface area contributed by atoms with Gasteiger partial charge in [-0.1, -0.05) is 6.07 Å². The van der Waals surface area contributed by atoms with Gasteiger partial charge in [0, 0.05) is 12.6 Å². The van der Waals surface area contributed by atoms with Gasteiger partial charge in [-0.2, -0.15) is 0 Å². The second-order valence-electron chi connectivity index (χ2n) is 7.36. The third-order valence-electron chi connectivity index (χ3n) is 5.89. The molecular weight excluding hydrogens is 359 g/mol. The zero-order valence-electron chi connectivity index (χ0n) is 14.4. The average molecular weight is 387 g/mol. The standard InChI is InChI=1S/C18H26N4O.2ClH/c23-17-21-15-2-1-13(11-16(15)22-17)12-20-14-3-5-18(6-4-14)7-9-19-10-8-18;;/h1-2,11,14,19-20H,3-10,12H2,(H2,21,22,23);2*1H. The lowest BCUT2D eigenvalue weighted by Crippen LogP contribution is -2.42. The number of H-pyrrole nitrogens is 2. The van der Waals surface area contributed by atoms with E-state index < -0.39 is 0 Å². The fourth-order valence-electron chi connectivity index (χ4n) is 4.34. The third kappa shape index (κ3) is 4.59. The van der Waals surface area contributed by atoms with Crippen LogP contribution in [0.2, 0.25) is 0 Å². The smallest absolute Gasteiger partial charge is 0.317 e. The highest BCUT2D eigenvalue weighted by Crippen LogP contribution is 2.43. The van der Waals surface area contributed by atoms with Crippen LogP contribution in [0.1, 0.15) is 44.1 Å². The maximum Gasteiger partial charge on any atom is 0.323 e. The van der Waals surface area contributed by atoms with E-state index in [4.69, 9.17) is 0 Å². The minimum atomic E-state index is -0.135. The molecule has 25 heavy (non-hydrogen) atoms. The van der Waals surface area contributed by atoms with Crippen LogP contribution in [0, 0.1) is 5.41 Å². The summed E-state index contributed by atoms with van der Waals surface area (Å²) in [6, 6.07) is 6.78. The average Bonchev–Trinajstić information content (AvgIpc) is 2.94. The molecule has 0 bridgehead atoms. The van der Waals surface area contributed by atoms with Crippen LogP contribution in [0.5, 0.6) is 0 Å². The van der Waals surface area contributed by atoms with Gasteiger partial charge in [-0.25, -0.2) is 4.79 Å². The number of imidazole rings is 1. The van der Waals surface area contributed by atoms with E-state index in [0.29, 0.717) is 11.5 Å². The van der Waals surface area contributed by atoms with E-state index in [-0.39, 0.29) is 30.5 Å². The number of piperidine rings is 1. The number of nitrogens with one attached hydrogen (secondary N) is 4. The molecule has 2 aliphatic rings. The second-order valence-corrected chi connectivity index (χ2v) is 7.36. The molecule has 2 fully saturated rings. The summed E-state index contributed by atoms with van der Waals surface area (Å²) in [7, 11) is 0. The van der Waals surface area contributed by atoms with E-state index in [2.05, 4.69) is 32.7 Å². The van der Waals surface area contributed by atoms with Crippen LogP contribution >= 0.6 is 24.8 Å². The Kier molecular flexibility index (Phi) is 6.97. The Morgan fingerprint density at radius 1 is 1.00 bits per heavy atom. The number of fused-ring (bicyclic) bond motifs is 1. The van der Waals surface area contributed by atoms with Crippen LogP contribution in [0.3, 0.4) is 0 Å². The monoisotopic (exact) mass is 386 g/mol. The first kappa shape index (κ1) is 20.3. The summed E-state index contributed by atoms with van der Waals surface area (Å²) in [6.45, 7) is 3.28. The molecule has 1 saturated heterocycles. The SMILES string of the molecule is Cl.Cl.O=c1[nH]c2ccc(CNC3CCC4(CCNCC4)CC3)cc2[nH]1. The zero-order chi connectivity index (χ0) is 15.7. The summed E-state index contributed by atoms with van der Waals surface area (Å²) in [4.78, 5) is 16.9. The van der Waals surface area contributed by atoms with E-state index in [1.165, 1.54) is 57.2 Å². The van der Waals surface area contributed by atoms with Crippen LogP contribution in [0.15, 0.2) is 23.0 Å². The lowest BCUT2D eigenvalue weighted by Gasteiger charge is -2.43. The van der Waals surface area contributed by atoms with E-state index in [1.54, 1.807) is 0 Å². The van der Waals surface area contributed by atoms with Crippen molar-refractivity contribution >= 4 is 35.8 Å². The van der Waals surface area contributed by atoms with Crippen molar-refractivity contribution in [2.45, 2.75) is 51.1 Å². The number of aromatic nitrogens is 2. The number of rotatable bonds is 3. The predicted molar refractivity (Wildman–Crippen MR) is 107 cm³/mol. The van der Waals surface area contributed by atoms with Crippen molar-refractivity contribution in [3.63, 3.8) is 0 Å². The maximum absolute atomic E-state index is 11.3. The first-order valence-corrected chi connectivity index (χ1v) is 8.88. The summed E-state index contributed by atoms with van der Waals surface area (Å²) in [5.74, 6) is 0. The molecule has 1 aromatic carbocycles. The van der Waals surface area contributed by atoms with Crippen molar-refractivity contribution in [1.82, 2.24) is 20.6 Å². The number of benzene rings is 1. The van der Waals surface area contributed by atoms with Gasteiger partial charge in [0.25, 0.3) is 0 Å². The molecule has 1 aliphatic carbocycles. The van der Waals surface area contributed by atoms with Crippen molar-refractivity contribution in [2.75, 3.05) is 13.1 Å². The second kappa shape index (κ2) is 8.58. The van der Waals surface area contributed by atoms with Gasteiger partial charge in [-0.15, -0.1) is 24.8 Å². The third-order valence-corrected chi connectivity index (χ3v) is 5.89. The number of halogens is 2. The van der Waals surface area contributed by atoms with Crippen molar-refractivity contribution in [1.29, 1.82) is 0 Å². The number of aromatic amines is 2. The molecule has 1 spiro atoms. The van der Waals surface area contributed by atoms with Crippen molar-refractivity contribution in [3.8, 4) is 0 Å². The molecule has 1 aliphatic heterocycles. The molecule has 0 unspecified atom stereocenters. The van der Waals surface area contributed by atoms with Gasteiger partial charge in [-0.3, -0.25) is 0 Å². The summed E-state index contributed by atoms with van der Waals surface area (Å²) in [5, 5.41) is 7.20. The molecule has 4 rings (SSSR count). The number of hydrogen-bond donors (Lipinski definition) is 4. The van der Waals surface area contributed by atoms with Gasteiger partial charge in [0.1, 0.15) is 0 Å². The van der Waals surface area contributed by atoms with E-state index in [1.807, 2.05) is 6.07 Å². The lowest BCUT2D eigenvalue weighted by atomic mass is 9.67. The van der Waals surface area contributed by atoms with Gasteiger partial charge in [0.2, 0.25) is 0 Å². The Morgan fingerprint density at radius 2 is 1.68 bits per heavy atom. The summed E-state index contributed by atoms with van der Waals surface area (Å²) in [6.07, 6.45) is 8.05. The molecule has 140 valence electrons. The van der Waals surface area contributed by atoms with Crippen LogP contribution in [-0.2, 0) is 6.54 Å². The number of hydrogen-bond acceptors (Lipinski definition) is 3. The Balaban J connectivity index is 0.00000113. The van der Waals surface area contributed by atoms with Crippen LogP contribution < -0.4 is 16.3 Å². The molecule has 0 amide bonds. The molecule has 0 radical (unpaired) electrons. The van der Waals surface area contributed by atoms with E-state index >= 15 is 0 Å². The summed E-state index contributed by atoms with van der Waals surface area (Å²) >= 11 is 0. The highest BCUT2D eigenvalue weighted by Gasteiger charge is 2.35. The normalized spacial score (nSPS) is 20.2. The predicted octanol–water partition coefficient (Wildman–Crippen LogP) is 3.10. The van der Waals surface area contributed by atoms with Crippen molar-refractivity contribution < 1.29 is 0 Å². The molecule has 2 heterocycles. The Morgan fingerprint density at radius 3 is 2.40 bits per heavy atom. The fourth-order valence-corrected chi connectivity index (χ4v) is 4.34. The molecule has 7 heteroatoms. The Bertz CT molecular complexity index is 726. The minimum absolute atomic E-state index is 0. The minimum Gasteiger partial charge on any atom is -0.317 e. The quantitative estimate of drug-likeness (QED) is 0.654. The molecule has 1 saturated carbocycles. The van der Waals surface area contributed by atoms with Crippen LogP contribution in [-0.4, -0.2) is 29.1 Å². The maximum atomic E-state index is 11.3. The van der Waals surface area contributed by atoms with E-state index in [0.717, 1.165) is 17.6 Å². The first-order chi connectivity index (χ1) is 11.2. The Hall–Kier alpha value is -1.01. The molecule has 2 aromatic rings. The highest BCUT2D eigenvalue weighted by molar-refractivity contribution is 5.85. The molecular formula is C18H28Cl2N4O. The van der Waals surface area contributed by atoms with E-state index in [9.17, 15) is 4.79 Å². The lowest BCUT2D eigenvalue weighted by molar-refractivity contribution is 0.115. The molecule has 1 aromatic heterocycles. The van der Waals surface area contributed by atoms with Gasteiger partial charge in [0.05, 0.1) is 11.0 Å². The largest absolute Gasteiger partial charge is 0.323 e. The summed E-state index contributed by atoms with van der Waals surface area (Å²) in [5.41, 5.74) is 3.50. The molecule has 0 atom stereocenters. The van der Waals surface area contributed by atoms with Crippen molar-refractivity contribution in [3.05, 3.63) is 34.2 Å². The topological polar surface area (TPSA) is 72.7 Å². The first-order valence-electron chi connectivity index (χ1n) is 8.88. The Labute approximate surface area is 160 Å². The van der Waals surface area contributed by atoms with Gasteiger partial charge in [0.15, 0.2) is 0 Å². The van der Waals surface area contributed by atoms with Gasteiger partial charge >= 0.3 is 5.69 Å². The van der Waals surface area contributed by atoms with Gasteiger partial charge in [-0.05, 0) is 74.7 Å².